The number of esters is 1. The molecule has 1 aliphatic rings. The summed E-state index contributed by atoms with van der Waals surface area (Å²) in [6, 6.07) is 7.60. The van der Waals surface area contributed by atoms with Crippen molar-refractivity contribution in [3.05, 3.63) is 42.1 Å². The zero-order valence-electron chi connectivity index (χ0n) is 13.5. The van der Waals surface area contributed by atoms with Crippen molar-refractivity contribution in [2.75, 3.05) is 18.6 Å². The van der Waals surface area contributed by atoms with E-state index >= 15 is 0 Å². The van der Waals surface area contributed by atoms with Crippen LogP contribution in [0.15, 0.2) is 34.9 Å². The molecule has 23 heavy (non-hydrogen) atoms. The lowest BCUT2D eigenvalue weighted by atomic mass is 10.2. The van der Waals surface area contributed by atoms with E-state index in [0.29, 0.717) is 24.7 Å². The van der Waals surface area contributed by atoms with Crippen molar-refractivity contribution in [1.29, 1.82) is 0 Å². The van der Waals surface area contributed by atoms with E-state index in [2.05, 4.69) is 18.8 Å². The normalized spacial score (nSPS) is 16.9. The van der Waals surface area contributed by atoms with Gasteiger partial charge in [0.25, 0.3) is 0 Å². The number of hydrogen-bond acceptors (Lipinski definition) is 6. The van der Waals surface area contributed by atoms with Gasteiger partial charge in [-0.3, -0.25) is 0 Å². The standard InChI is InChI=1S/C17H20N2O4/c1-11(2)14-8-18-16(23-14)10-19-9-15(17(20)21-3)22-13-7-5-4-6-12(13)19/h4-8,11,15H,9-10H2,1-3H3/t15-/m0/s1. The van der Waals surface area contributed by atoms with Crippen molar-refractivity contribution >= 4 is 11.7 Å². The van der Waals surface area contributed by atoms with Crippen LogP contribution in [0.25, 0.3) is 0 Å². The van der Waals surface area contributed by atoms with Gasteiger partial charge in [-0.05, 0) is 12.1 Å². The Morgan fingerprint density at radius 1 is 1.43 bits per heavy atom. The van der Waals surface area contributed by atoms with E-state index in [1.54, 1.807) is 6.20 Å². The average Bonchev–Trinajstić information content (AvgIpc) is 3.03. The van der Waals surface area contributed by atoms with E-state index in [0.717, 1.165) is 11.4 Å². The molecule has 6 heteroatoms. The highest BCUT2D eigenvalue weighted by Gasteiger charge is 2.32. The Morgan fingerprint density at radius 2 is 2.22 bits per heavy atom. The molecule has 3 rings (SSSR count). The number of benzene rings is 1. The van der Waals surface area contributed by atoms with Gasteiger partial charge in [-0.15, -0.1) is 0 Å². The SMILES string of the molecule is COC(=O)[C@@H]1CN(Cc2ncc(C(C)C)o2)c2ccccc2O1. The van der Waals surface area contributed by atoms with Crippen LogP contribution in [0.1, 0.15) is 31.4 Å². The molecule has 1 aliphatic heterocycles. The van der Waals surface area contributed by atoms with Crippen LogP contribution >= 0.6 is 0 Å². The van der Waals surface area contributed by atoms with Gasteiger partial charge in [0.05, 0.1) is 32.1 Å². The molecule has 0 N–H and O–H groups in total. The van der Waals surface area contributed by atoms with Gasteiger partial charge in [0.15, 0.2) is 0 Å². The van der Waals surface area contributed by atoms with Crippen molar-refractivity contribution in [1.82, 2.24) is 4.98 Å². The van der Waals surface area contributed by atoms with Gasteiger partial charge < -0.3 is 18.8 Å². The maximum absolute atomic E-state index is 11.9. The van der Waals surface area contributed by atoms with Gasteiger partial charge in [0.1, 0.15) is 11.5 Å². The number of rotatable bonds is 4. The second-order valence-electron chi connectivity index (χ2n) is 5.79. The topological polar surface area (TPSA) is 64.8 Å². The lowest BCUT2D eigenvalue weighted by molar-refractivity contribution is -0.148. The number of methoxy groups -OCH3 is 1. The number of carbonyl (C=O) groups is 1. The molecule has 0 saturated heterocycles. The summed E-state index contributed by atoms with van der Waals surface area (Å²) in [4.78, 5) is 18.2. The molecule has 1 atom stereocenters. The van der Waals surface area contributed by atoms with E-state index in [-0.39, 0.29) is 11.9 Å². The smallest absolute Gasteiger partial charge is 0.348 e. The van der Waals surface area contributed by atoms with Crippen molar-refractivity contribution in [3.63, 3.8) is 0 Å². The predicted octanol–water partition coefficient (Wildman–Crippen LogP) is 2.74. The zero-order chi connectivity index (χ0) is 16.4. The van der Waals surface area contributed by atoms with Crippen LogP contribution in [0, 0.1) is 0 Å². The second-order valence-corrected chi connectivity index (χ2v) is 5.79. The molecule has 0 spiro atoms. The van der Waals surface area contributed by atoms with Crippen LogP contribution in [-0.4, -0.2) is 30.7 Å². The van der Waals surface area contributed by atoms with Gasteiger partial charge in [-0.2, -0.15) is 0 Å². The molecule has 122 valence electrons. The third-order valence-electron chi connectivity index (χ3n) is 3.79. The molecule has 0 aliphatic carbocycles. The monoisotopic (exact) mass is 316 g/mol. The van der Waals surface area contributed by atoms with E-state index < -0.39 is 6.10 Å². The van der Waals surface area contributed by atoms with Crippen molar-refractivity contribution in [2.24, 2.45) is 0 Å². The molecule has 1 aromatic heterocycles. The summed E-state index contributed by atoms with van der Waals surface area (Å²) < 4.78 is 16.3. The van der Waals surface area contributed by atoms with E-state index in [9.17, 15) is 4.79 Å². The first-order chi connectivity index (χ1) is 11.1. The van der Waals surface area contributed by atoms with Crippen LogP contribution in [0.3, 0.4) is 0 Å². The summed E-state index contributed by atoms with van der Waals surface area (Å²) in [5, 5.41) is 0. The van der Waals surface area contributed by atoms with Gasteiger partial charge in [0.2, 0.25) is 12.0 Å². The zero-order valence-corrected chi connectivity index (χ0v) is 13.5. The Kier molecular flexibility index (Phi) is 4.23. The molecule has 0 unspecified atom stereocenters. The summed E-state index contributed by atoms with van der Waals surface area (Å²) in [6.45, 7) is 4.98. The van der Waals surface area contributed by atoms with Gasteiger partial charge in [-0.1, -0.05) is 26.0 Å². The Bertz CT molecular complexity index is 695. The molecule has 1 aromatic carbocycles. The lowest BCUT2D eigenvalue weighted by Gasteiger charge is -2.34. The minimum absolute atomic E-state index is 0.288. The number of fused-ring (bicyclic) bond motifs is 1. The summed E-state index contributed by atoms with van der Waals surface area (Å²) in [6.07, 6.45) is 1.10. The number of para-hydroxylation sites is 2. The van der Waals surface area contributed by atoms with Crippen LogP contribution in [0.5, 0.6) is 5.75 Å². The molecule has 6 nitrogen and oxygen atoms in total. The fraction of sp³-hybridized carbons (Fsp3) is 0.412. The first-order valence-corrected chi connectivity index (χ1v) is 7.61. The molecular formula is C17H20N2O4. The van der Waals surface area contributed by atoms with Crippen LogP contribution in [0.2, 0.25) is 0 Å². The molecule has 0 saturated carbocycles. The number of ether oxygens (including phenoxy) is 2. The quantitative estimate of drug-likeness (QED) is 0.808. The molecule has 0 radical (unpaired) electrons. The van der Waals surface area contributed by atoms with E-state index in [1.165, 1.54) is 7.11 Å². The summed E-state index contributed by atoms with van der Waals surface area (Å²) in [7, 11) is 1.36. The van der Waals surface area contributed by atoms with Crippen molar-refractivity contribution < 1.29 is 18.7 Å². The predicted molar refractivity (Wildman–Crippen MR) is 84.5 cm³/mol. The number of oxazole rings is 1. The fourth-order valence-corrected chi connectivity index (χ4v) is 2.54. The molecule has 0 amide bonds. The van der Waals surface area contributed by atoms with Gasteiger partial charge >= 0.3 is 5.97 Å². The number of hydrogen-bond donors (Lipinski definition) is 0. The van der Waals surface area contributed by atoms with Gasteiger partial charge in [-0.25, -0.2) is 9.78 Å². The van der Waals surface area contributed by atoms with Gasteiger partial charge in [0, 0.05) is 5.92 Å². The molecule has 2 aromatic rings. The summed E-state index contributed by atoms with van der Waals surface area (Å²) in [5.41, 5.74) is 0.914. The molecular weight excluding hydrogens is 296 g/mol. The van der Waals surface area contributed by atoms with Crippen molar-refractivity contribution in [2.45, 2.75) is 32.4 Å². The number of carbonyl (C=O) groups excluding carboxylic acids is 1. The van der Waals surface area contributed by atoms with Crippen LogP contribution < -0.4 is 9.64 Å². The summed E-state index contributed by atoms with van der Waals surface area (Å²) in [5.74, 6) is 2.03. The van der Waals surface area contributed by atoms with Crippen LogP contribution in [-0.2, 0) is 16.1 Å². The molecule has 0 fully saturated rings. The maximum Gasteiger partial charge on any atom is 0.348 e. The Balaban J connectivity index is 1.85. The highest BCUT2D eigenvalue weighted by atomic mass is 16.6. The first-order valence-electron chi connectivity index (χ1n) is 7.61. The third kappa shape index (κ3) is 3.16. The van der Waals surface area contributed by atoms with E-state index in [4.69, 9.17) is 13.9 Å². The summed E-state index contributed by atoms with van der Waals surface area (Å²) >= 11 is 0. The van der Waals surface area contributed by atoms with Crippen LogP contribution in [0.4, 0.5) is 5.69 Å². The average molecular weight is 316 g/mol. The minimum atomic E-state index is -0.658. The second kappa shape index (κ2) is 6.32. The number of aromatic nitrogens is 1. The number of anilines is 1. The van der Waals surface area contributed by atoms with E-state index in [1.807, 2.05) is 29.2 Å². The maximum atomic E-state index is 11.9. The molecule has 2 heterocycles. The lowest BCUT2D eigenvalue weighted by Crippen LogP contribution is -2.44. The number of nitrogens with zero attached hydrogens (tertiary/aromatic N) is 2. The minimum Gasteiger partial charge on any atom is -0.475 e. The Morgan fingerprint density at radius 3 is 2.91 bits per heavy atom. The largest absolute Gasteiger partial charge is 0.475 e. The molecule has 0 bridgehead atoms. The Hall–Kier alpha value is -2.50. The highest BCUT2D eigenvalue weighted by Crippen LogP contribution is 2.34. The highest BCUT2D eigenvalue weighted by molar-refractivity contribution is 5.78. The first kappa shape index (κ1) is 15.4. The van der Waals surface area contributed by atoms with Crippen molar-refractivity contribution in [3.8, 4) is 5.75 Å². The Labute approximate surface area is 135 Å². The third-order valence-corrected chi connectivity index (χ3v) is 3.79. The fourth-order valence-electron chi connectivity index (χ4n) is 2.54.